The first-order valence-corrected chi connectivity index (χ1v) is 7.96. The Morgan fingerprint density at radius 3 is 3.05 bits per heavy atom. The molecule has 1 amide bonds. The second-order valence-electron chi connectivity index (χ2n) is 5.50. The molecule has 0 spiro atoms. The lowest BCUT2D eigenvalue weighted by Gasteiger charge is -2.36. The summed E-state index contributed by atoms with van der Waals surface area (Å²) < 4.78 is 5.57. The number of hydrogen-bond donors (Lipinski definition) is 1. The molecular formula is C15H19N3O2S. The van der Waals surface area contributed by atoms with E-state index in [9.17, 15) is 4.79 Å². The number of morpholine rings is 1. The van der Waals surface area contributed by atoms with Gasteiger partial charge in [-0.3, -0.25) is 4.79 Å². The molecule has 1 N–H and O–H groups in total. The Labute approximate surface area is 128 Å². The number of thiazole rings is 1. The summed E-state index contributed by atoms with van der Waals surface area (Å²) in [6.07, 6.45) is 1.93. The van der Waals surface area contributed by atoms with Gasteiger partial charge in [-0.25, -0.2) is 4.98 Å². The fraction of sp³-hybridized carbons (Fsp3) is 0.467. The summed E-state index contributed by atoms with van der Waals surface area (Å²) in [5, 5.41) is 3.03. The van der Waals surface area contributed by atoms with Crippen molar-refractivity contribution in [2.24, 2.45) is 0 Å². The van der Waals surface area contributed by atoms with Crippen LogP contribution in [0.1, 0.15) is 29.3 Å². The van der Waals surface area contributed by atoms with Crippen molar-refractivity contribution < 1.29 is 9.53 Å². The topological polar surface area (TPSA) is 58.2 Å². The van der Waals surface area contributed by atoms with Crippen LogP contribution in [0.25, 0.3) is 11.3 Å². The minimum atomic E-state index is 0.0239. The molecule has 1 fully saturated rings. The minimum Gasteiger partial charge on any atom is -0.375 e. The highest BCUT2D eigenvalue weighted by Gasteiger charge is 2.29. The van der Waals surface area contributed by atoms with Crippen LogP contribution in [0.2, 0.25) is 0 Å². The monoisotopic (exact) mass is 305 g/mol. The van der Waals surface area contributed by atoms with Crippen LogP contribution in [-0.2, 0) is 4.74 Å². The molecule has 0 aromatic carbocycles. The van der Waals surface area contributed by atoms with Gasteiger partial charge in [-0.15, -0.1) is 11.3 Å². The third-order valence-electron chi connectivity index (χ3n) is 3.70. The predicted molar refractivity (Wildman–Crippen MR) is 82.6 cm³/mol. The molecule has 0 bridgehead atoms. The van der Waals surface area contributed by atoms with Crippen molar-refractivity contribution in [3.05, 3.63) is 28.3 Å². The first kappa shape index (κ1) is 14.3. The molecule has 1 aliphatic heterocycles. The van der Waals surface area contributed by atoms with Gasteiger partial charge in [0, 0.05) is 23.7 Å². The lowest BCUT2D eigenvalue weighted by atomic mass is 10.2. The van der Waals surface area contributed by atoms with E-state index in [1.807, 2.05) is 43.3 Å². The number of aryl methyl sites for hydroxylation is 1. The zero-order valence-electron chi connectivity index (χ0n) is 12.4. The van der Waals surface area contributed by atoms with Crippen LogP contribution in [0.3, 0.4) is 0 Å². The standard InChI is InChI=1S/C15H19N3O2S/c1-9-7-20-10(2)6-18(9)15(19)13-4-12(5-16-13)14-8-21-11(3)17-14/h4-5,8-10,16H,6-7H2,1-3H3. The summed E-state index contributed by atoms with van der Waals surface area (Å²) in [7, 11) is 0. The molecule has 2 aromatic heterocycles. The van der Waals surface area contributed by atoms with E-state index < -0.39 is 0 Å². The van der Waals surface area contributed by atoms with Crippen molar-refractivity contribution in [2.75, 3.05) is 13.2 Å². The molecule has 5 nitrogen and oxygen atoms in total. The third kappa shape index (κ3) is 2.87. The molecule has 3 rings (SSSR count). The summed E-state index contributed by atoms with van der Waals surface area (Å²) in [6, 6.07) is 1.98. The number of hydrogen-bond acceptors (Lipinski definition) is 4. The van der Waals surface area contributed by atoms with Crippen molar-refractivity contribution in [3.63, 3.8) is 0 Å². The average molecular weight is 305 g/mol. The van der Waals surface area contributed by atoms with Crippen LogP contribution in [0.15, 0.2) is 17.6 Å². The Hall–Kier alpha value is -1.66. The molecule has 2 aromatic rings. The molecule has 1 aliphatic rings. The predicted octanol–water partition coefficient (Wildman–Crippen LogP) is 2.70. The maximum Gasteiger partial charge on any atom is 0.270 e. The Kier molecular flexibility index (Phi) is 3.82. The van der Waals surface area contributed by atoms with E-state index in [1.165, 1.54) is 0 Å². The van der Waals surface area contributed by atoms with Gasteiger partial charge in [0.05, 0.1) is 29.5 Å². The van der Waals surface area contributed by atoms with Crippen LogP contribution in [0.5, 0.6) is 0 Å². The van der Waals surface area contributed by atoms with Gasteiger partial charge in [0.15, 0.2) is 0 Å². The maximum absolute atomic E-state index is 12.6. The average Bonchev–Trinajstić information content (AvgIpc) is 3.09. The van der Waals surface area contributed by atoms with Crippen LogP contribution in [0, 0.1) is 6.92 Å². The largest absolute Gasteiger partial charge is 0.375 e. The molecule has 112 valence electrons. The van der Waals surface area contributed by atoms with Gasteiger partial charge in [-0.1, -0.05) is 0 Å². The second kappa shape index (κ2) is 5.61. The van der Waals surface area contributed by atoms with Crippen LogP contribution in [0.4, 0.5) is 0 Å². The highest BCUT2D eigenvalue weighted by Crippen LogP contribution is 2.23. The van der Waals surface area contributed by atoms with Crippen molar-refractivity contribution >= 4 is 17.2 Å². The van der Waals surface area contributed by atoms with E-state index in [0.717, 1.165) is 16.3 Å². The van der Waals surface area contributed by atoms with E-state index in [4.69, 9.17) is 4.74 Å². The van der Waals surface area contributed by atoms with Gasteiger partial charge in [0.25, 0.3) is 5.91 Å². The molecule has 2 atom stereocenters. The van der Waals surface area contributed by atoms with E-state index >= 15 is 0 Å². The SMILES string of the molecule is Cc1nc(-c2c[nH]c(C(=O)N3CC(C)OCC3C)c2)cs1. The molecule has 0 radical (unpaired) electrons. The summed E-state index contributed by atoms with van der Waals surface area (Å²) in [4.78, 5) is 22.0. The number of rotatable bonds is 2. The van der Waals surface area contributed by atoms with Gasteiger partial charge in [-0.05, 0) is 26.8 Å². The number of H-pyrrole nitrogens is 1. The molecule has 1 saturated heterocycles. The number of aromatic nitrogens is 2. The summed E-state index contributed by atoms with van der Waals surface area (Å²) in [5.74, 6) is 0.0239. The molecule has 21 heavy (non-hydrogen) atoms. The molecule has 2 unspecified atom stereocenters. The molecule has 0 aliphatic carbocycles. The summed E-state index contributed by atoms with van der Waals surface area (Å²) in [5.41, 5.74) is 2.48. The number of aromatic amines is 1. The Morgan fingerprint density at radius 1 is 1.52 bits per heavy atom. The third-order valence-corrected chi connectivity index (χ3v) is 4.47. The number of amides is 1. The Bertz CT molecular complexity index is 649. The number of ether oxygens (including phenoxy) is 1. The van der Waals surface area contributed by atoms with Gasteiger partial charge >= 0.3 is 0 Å². The second-order valence-corrected chi connectivity index (χ2v) is 6.57. The van der Waals surface area contributed by atoms with Crippen molar-refractivity contribution in [3.8, 4) is 11.3 Å². The first-order valence-electron chi connectivity index (χ1n) is 7.08. The zero-order chi connectivity index (χ0) is 15.0. The van der Waals surface area contributed by atoms with Crippen molar-refractivity contribution in [2.45, 2.75) is 32.9 Å². The highest BCUT2D eigenvalue weighted by atomic mass is 32.1. The van der Waals surface area contributed by atoms with E-state index in [-0.39, 0.29) is 18.1 Å². The number of nitrogens with one attached hydrogen (secondary N) is 1. The van der Waals surface area contributed by atoms with Crippen LogP contribution >= 0.6 is 11.3 Å². The van der Waals surface area contributed by atoms with Crippen LogP contribution < -0.4 is 0 Å². The number of nitrogens with zero attached hydrogens (tertiary/aromatic N) is 2. The zero-order valence-corrected chi connectivity index (χ0v) is 13.2. The van der Waals surface area contributed by atoms with Crippen molar-refractivity contribution in [1.29, 1.82) is 0 Å². The molecule has 6 heteroatoms. The normalized spacial score (nSPS) is 22.5. The lowest BCUT2D eigenvalue weighted by Crippen LogP contribution is -2.50. The smallest absolute Gasteiger partial charge is 0.270 e. The number of carbonyl (C=O) groups is 1. The first-order chi connectivity index (χ1) is 10.0. The van der Waals surface area contributed by atoms with Crippen molar-refractivity contribution in [1.82, 2.24) is 14.9 Å². The molecule has 0 saturated carbocycles. The maximum atomic E-state index is 12.6. The van der Waals surface area contributed by atoms with E-state index in [0.29, 0.717) is 18.8 Å². The van der Waals surface area contributed by atoms with E-state index in [1.54, 1.807) is 11.3 Å². The summed E-state index contributed by atoms with van der Waals surface area (Å²) in [6.45, 7) is 7.20. The molecular weight excluding hydrogens is 286 g/mol. The minimum absolute atomic E-state index is 0.0239. The quantitative estimate of drug-likeness (QED) is 0.928. The Morgan fingerprint density at radius 2 is 2.33 bits per heavy atom. The Balaban J connectivity index is 1.80. The van der Waals surface area contributed by atoms with Crippen LogP contribution in [-0.4, -0.2) is 46.1 Å². The fourth-order valence-corrected chi connectivity index (χ4v) is 3.12. The van der Waals surface area contributed by atoms with E-state index in [2.05, 4.69) is 9.97 Å². The number of carbonyl (C=O) groups excluding carboxylic acids is 1. The lowest BCUT2D eigenvalue weighted by molar-refractivity contribution is -0.0388. The van der Waals surface area contributed by atoms with Gasteiger partial charge < -0.3 is 14.6 Å². The van der Waals surface area contributed by atoms with Gasteiger partial charge in [-0.2, -0.15) is 0 Å². The summed E-state index contributed by atoms with van der Waals surface area (Å²) >= 11 is 1.61. The van der Waals surface area contributed by atoms with Gasteiger partial charge in [0.1, 0.15) is 5.69 Å². The molecule has 3 heterocycles. The van der Waals surface area contributed by atoms with Gasteiger partial charge in [0.2, 0.25) is 0 Å². The highest BCUT2D eigenvalue weighted by molar-refractivity contribution is 7.09. The fourth-order valence-electron chi connectivity index (χ4n) is 2.50.